The number of hydrogen-bond acceptors (Lipinski definition) is 2. The molecule has 2 nitrogen and oxygen atoms in total. The van der Waals surface area contributed by atoms with Gasteiger partial charge in [0, 0.05) is 30.1 Å². The van der Waals surface area contributed by atoms with Gasteiger partial charge in [-0.2, -0.15) is 0 Å². The van der Waals surface area contributed by atoms with Crippen molar-refractivity contribution in [1.29, 1.82) is 0 Å². The second-order valence-corrected chi connectivity index (χ2v) is 6.59. The number of aliphatic imine (C=N–C) groups is 1. The van der Waals surface area contributed by atoms with E-state index in [2.05, 4.69) is 11.9 Å². The standard InChI is InChI=1S/C22H25FN2/c1-2-3-4-5-6-7-20-16-21(17-12-14-24-15-13-17)22(25-20)18-8-10-19(23)11-9-18/h8-15H,2-7,16H2,1H3. The fourth-order valence-corrected chi connectivity index (χ4v) is 3.27. The van der Waals surface area contributed by atoms with Crippen LogP contribution in [0.25, 0.3) is 11.3 Å². The molecule has 1 aliphatic rings. The van der Waals surface area contributed by atoms with E-state index in [1.54, 1.807) is 0 Å². The van der Waals surface area contributed by atoms with Crippen LogP contribution in [0.3, 0.4) is 0 Å². The van der Waals surface area contributed by atoms with Crippen molar-refractivity contribution in [1.82, 2.24) is 4.98 Å². The van der Waals surface area contributed by atoms with Crippen LogP contribution in [-0.2, 0) is 0 Å². The fraction of sp³-hybridized carbons (Fsp3) is 0.364. The van der Waals surface area contributed by atoms with Gasteiger partial charge in [0.25, 0.3) is 0 Å². The number of rotatable bonds is 8. The van der Waals surface area contributed by atoms with Crippen molar-refractivity contribution < 1.29 is 4.39 Å². The van der Waals surface area contributed by atoms with Crippen LogP contribution in [0.2, 0.25) is 0 Å². The predicted molar refractivity (Wildman–Crippen MR) is 103 cm³/mol. The molecular formula is C22H25FN2. The highest BCUT2D eigenvalue weighted by atomic mass is 19.1. The van der Waals surface area contributed by atoms with Crippen molar-refractivity contribution in [2.75, 3.05) is 0 Å². The van der Waals surface area contributed by atoms with E-state index in [1.807, 2.05) is 36.7 Å². The number of hydrogen-bond donors (Lipinski definition) is 0. The van der Waals surface area contributed by atoms with E-state index >= 15 is 0 Å². The van der Waals surface area contributed by atoms with E-state index in [4.69, 9.17) is 4.99 Å². The van der Waals surface area contributed by atoms with Gasteiger partial charge in [-0.1, -0.05) is 32.6 Å². The minimum absolute atomic E-state index is 0.215. The van der Waals surface area contributed by atoms with Gasteiger partial charge in [0.1, 0.15) is 5.82 Å². The average Bonchev–Trinajstić information content (AvgIpc) is 3.07. The van der Waals surface area contributed by atoms with Crippen LogP contribution < -0.4 is 0 Å². The van der Waals surface area contributed by atoms with Crippen molar-refractivity contribution in [2.45, 2.75) is 51.9 Å². The van der Waals surface area contributed by atoms with E-state index in [0.29, 0.717) is 0 Å². The third-order valence-corrected chi connectivity index (χ3v) is 4.65. The summed E-state index contributed by atoms with van der Waals surface area (Å²) in [6.45, 7) is 2.24. The Labute approximate surface area is 149 Å². The summed E-state index contributed by atoms with van der Waals surface area (Å²) in [5.74, 6) is -0.215. The summed E-state index contributed by atoms with van der Waals surface area (Å²) >= 11 is 0. The lowest BCUT2D eigenvalue weighted by molar-refractivity contribution is 0.627. The fourth-order valence-electron chi connectivity index (χ4n) is 3.27. The topological polar surface area (TPSA) is 25.2 Å². The number of pyridine rings is 1. The first kappa shape index (κ1) is 17.5. The third-order valence-electron chi connectivity index (χ3n) is 4.65. The van der Waals surface area contributed by atoms with Crippen molar-refractivity contribution in [3.8, 4) is 0 Å². The molecule has 0 saturated heterocycles. The van der Waals surface area contributed by atoms with E-state index in [-0.39, 0.29) is 5.82 Å². The highest BCUT2D eigenvalue weighted by Gasteiger charge is 2.20. The van der Waals surface area contributed by atoms with Gasteiger partial charge in [0.05, 0.1) is 5.70 Å². The maximum atomic E-state index is 13.3. The molecule has 0 N–H and O–H groups in total. The molecule has 0 atom stereocenters. The Morgan fingerprint density at radius 2 is 1.60 bits per heavy atom. The molecule has 1 aliphatic heterocycles. The summed E-state index contributed by atoms with van der Waals surface area (Å²) in [5, 5.41) is 0. The Hall–Kier alpha value is -2.29. The Kier molecular flexibility index (Phi) is 6.10. The summed E-state index contributed by atoms with van der Waals surface area (Å²) in [5.41, 5.74) is 5.57. The first-order valence-corrected chi connectivity index (χ1v) is 9.24. The summed E-state index contributed by atoms with van der Waals surface area (Å²) in [7, 11) is 0. The number of allylic oxidation sites excluding steroid dienone is 1. The molecule has 0 spiro atoms. The maximum Gasteiger partial charge on any atom is 0.123 e. The molecule has 0 aliphatic carbocycles. The maximum absolute atomic E-state index is 13.3. The molecular weight excluding hydrogens is 311 g/mol. The Morgan fingerprint density at radius 3 is 2.32 bits per heavy atom. The zero-order valence-electron chi connectivity index (χ0n) is 14.8. The number of benzene rings is 1. The highest BCUT2D eigenvalue weighted by molar-refractivity contribution is 6.10. The first-order chi connectivity index (χ1) is 12.3. The van der Waals surface area contributed by atoms with Gasteiger partial charge in [-0.15, -0.1) is 0 Å². The van der Waals surface area contributed by atoms with Crippen LogP contribution in [0.5, 0.6) is 0 Å². The van der Waals surface area contributed by atoms with Gasteiger partial charge in [-0.3, -0.25) is 9.98 Å². The Bertz CT molecular complexity index is 745. The lowest BCUT2D eigenvalue weighted by Crippen LogP contribution is -1.95. The van der Waals surface area contributed by atoms with Gasteiger partial charge in [0.15, 0.2) is 0 Å². The van der Waals surface area contributed by atoms with E-state index in [0.717, 1.165) is 29.7 Å². The molecule has 130 valence electrons. The smallest absolute Gasteiger partial charge is 0.123 e. The molecule has 2 aromatic rings. The SMILES string of the molecule is CCCCCCCC1=NC(c2ccc(F)cc2)=C(c2ccncc2)C1. The summed E-state index contributed by atoms with van der Waals surface area (Å²) in [6.07, 6.45) is 11.9. The van der Waals surface area contributed by atoms with Crippen LogP contribution in [0, 0.1) is 5.82 Å². The largest absolute Gasteiger partial charge is 0.265 e. The van der Waals surface area contributed by atoms with Crippen molar-refractivity contribution >= 4 is 17.0 Å². The van der Waals surface area contributed by atoms with Crippen molar-refractivity contribution in [3.05, 3.63) is 65.7 Å². The monoisotopic (exact) mass is 336 g/mol. The molecule has 25 heavy (non-hydrogen) atoms. The van der Waals surface area contributed by atoms with Crippen molar-refractivity contribution in [2.24, 2.45) is 4.99 Å². The minimum Gasteiger partial charge on any atom is -0.265 e. The van der Waals surface area contributed by atoms with Crippen LogP contribution in [-0.4, -0.2) is 10.7 Å². The number of nitrogens with zero attached hydrogens (tertiary/aromatic N) is 2. The van der Waals surface area contributed by atoms with Gasteiger partial charge in [0.2, 0.25) is 0 Å². The number of unbranched alkanes of at least 4 members (excludes halogenated alkanes) is 4. The third kappa shape index (κ3) is 4.62. The van der Waals surface area contributed by atoms with E-state index in [1.165, 1.54) is 55.5 Å². The molecule has 0 amide bonds. The molecule has 0 bridgehead atoms. The van der Waals surface area contributed by atoms with Crippen LogP contribution in [0.4, 0.5) is 4.39 Å². The zero-order valence-corrected chi connectivity index (χ0v) is 14.8. The predicted octanol–water partition coefficient (Wildman–Crippen LogP) is 6.29. The van der Waals surface area contributed by atoms with Crippen LogP contribution >= 0.6 is 0 Å². The number of aromatic nitrogens is 1. The summed E-state index contributed by atoms with van der Waals surface area (Å²) < 4.78 is 13.3. The molecule has 3 heteroatoms. The average molecular weight is 336 g/mol. The molecule has 3 rings (SSSR count). The molecule has 0 fully saturated rings. The lowest BCUT2D eigenvalue weighted by atomic mass is 9.97. The molecule has 0 saturated carbocycles. The second-order valence-electron chi connectivity index (χ2n) is 6.59. The van der Waals surface area contributed by atoms with Crippen LogP contribution in [0.15, 0.2) is 53.8 Å². The van der Waals surface area contributed by atoms with Gasteiger partial charge in [-0.05, 0) is 60.4 Å². The molecule has 2 heterocycles. The van der Waals surface area contributed by atoms with Gasteiger partial charge < -0.3 is 0 Å². The zero-order chi connectivity index (χ0) is 17.5. The van der Waals surface area contributed by atoms with E-state index in [9.17, 15) is 4.39 Å². The molecule has 0 unspecified atom stereocenters. The van der Waals surface area contributed by atoms with Crippen LogP contribution in [0.1, 0.15) is 63.0 Å². The van der Waals surface area contributed by atoms with Gasteiger partial charge in [-0.25, -0.2) is 4.39 Å². The summed E-state index contributed by atoms with van der Waals surface area (Å²) in [6, 6.07) is 10.7. The van der Waals surface area contributed by atoms with Gasteiger partial charge >= 0.3 is 0 Å². The van der Waals surface area contributed by atoms with E-state index < -0.39 is 0 Å². The number of halogens is 1. The van der Waals surface area contributed by atoms with Crippen molar-refractivity contribution in [3.63, 3.8) is 0 Å². The minimum atomic E-state index is -0.215. The quantitative estimate of drug-likeness (QED) is 0.520. The Morgan fingerprint density at radius 1 is 0.880 bits per heavy atom. The highest BCUT2D eigenvalue weighted by Crippen LogP contribution is 2.36. The molecule has 1 aromatic heterocycles. The molecule has 0 radical (unpaired) electrons. The lowest BCUT2D eigenvalue weighted by Gasteiger charge is -2.06. The second kappa shape index (κ2) is 8.70. The normalized spacial score (nSPS) is 14.1. The Balaban J connectivity index is 1.78. The molecule has 1 aromatic carbocycles. The summed E-state index contributed by atoms with van der Waals surface area (Å²) in [4.78, 5) is 9.03. The first-order valence-electron chi connectivity index (χ1n) is 9.24.